The Morgan fingerprint density at radius 2 is 2.05 bits per heavy atom. The lowest BCUT2D eigenvalue weighted by molar-refractivity contribution is -0.119. The van der Waals surface area contributed by atoms with E-state index in [4.69, 9.17) is 11.6 Å². The molecule has 20 heavy (non-hydrogen) atoms. The summed E-state index contributed by atoms with van der Waals surface area (Å²) in [5, 5.41) is 3.46. The molecule has 0 bridgehead atoms. The highest BCUT2D eigenvalue weighted by molar-refractivity contribution is 7.99. The van der Waals surface area contributed by atoms with Gasteiger partial charge in [-0.3, -0.25) is 4.79 Å². The molecule has 1 aliphatic heterocycles. The van der Waals surface area contributed by atoms with Gasteiger partial charge in [0.1, 0.15) is 0 Å². The molecular weight excluding hydrogens is 318 g/mol. The summed E-state index contributed by atoms with van der Waals surface area (Å²) in [7, 11) is -2.94. The van der Waals surface area contributed by atoms with Crippen LogP contribution in [0.5, 0.6) is 0 Å². The zero-order valence-corrected chi connectivity index (χ0v) is 13.2. The largest absolute Gasteiger partial charge is 0.352 e. The van der Waals surface area contributed by atoms with E-state index in [1.807, 2.05) is 24.3 Å². The smallest absolute Gasteiger partial charge is 0.230 e. The predicted octanol–water partition coefficient (Wildman–Crippen LogP) is 1.88. The van der Waals surface area contributed by atoms with Gasteiger partial charge in [0, 0.05) is 16.8 Å². The lowest BCUT2D eigenvalue weighted by Gasteiger charge is -2.10. The van der Waals surface area contributed by atoms with Crippen LogP contribution < -0.4 is 5.32 Å². The fourth-order valence-electron chi connectivity index (χ4n) is 2.02. The molecule has 1 aromatic carbocycles. The number of hydrogen-bond donors (Lipinski definition) is 1. The van der Waals surface area contributed by atoms with Gasteiger partial charge in [0.25, 0.3) is 0 Å². The summed E-state index contributed by atoms with van der Waals surface area (Å²) in [5.41, 5.74) is 1.11. The van der Waals surface area contributed by atoms with Crippen LogP contribution in [0.15, 0.2) is 24.3 Å². The molecule has 1 saturated heterocycles. The van der Waals surface area contributed by atoms with Gasteiger partial charge in [-0.2, -0.15) is 0 Å². The minimum atomic E-state index is -2.94. The number of benzene rings is 1. The van der Waals surface area contributed by atoms with Crippen molar-refractivity contribution in [2.75, 3.05) is 17.3 Å². The molecule has 0 spiro atoms. The third-order valence-electron chi connectivity index (χ3n) is 3.01. The predicted molar refractivity (Wildman–Crippen MR) is 82.8 cm³/mol. The summed E-state index contributed by atoms with van der Waals surface area (Å²) in [6, 6.07) is 7.28. The molecule has 0 unspecified atom stereocenters. The molecule has 7 heteroatoms. The summed E-state index contributed by atoms with van der Waals surface area (Å²) in [6.45, 7) is 0. The Balaban J connectivity index is 1.69. The van der Waals surface area contributed by atoms with Gasteiger partial charge in [0.05, 0.1) is 17.3 Å². The zero-order chi connectivity index (χ0) is 14.6. The van der Waals surface area contributed by atoms with E-state index in [2.05, 4.69) is 5.32 Å². The van der Waals surface area contributed by atoms with Crippen LogP contribution in [-0.2, 0) is 20.4 Å². The monoisotopic (exact) mass is 333 g/mol. The Hall–Kier alpha value is -0.720. The lowest BCUT2D eigenvalue weighted by atomic mass is 10.2. The van der Waals surface area contributed by atoms with Crippen molar-refractivity contribution in [2.24, 2.45) is 0 Å². The van der Waals surface area contributed by atoms with Gasteiger partial charge in [-0.1, -0.05) is 23.7 Å². The molecule has 1 heterocycles. The quantitative estimate of drug-likeness (QED) is 0.893. The van der Waals surface area contributed by atoms with E-state index in [0.717, 1.165) is 11.3 Å². The van der Waals surface area contributed by atoms with Crippen molar-refractivity contribution >= 4 is 39.1 Å². The summed E-state index contributed by atoms with van der Waals surface area (Å²) in [4.78, 5) is 11.7. The Labute approximate surface area is 128 Å². The number of sulfone groups is 1. The van der Waals surface area contributed by atoms with Crippen LogP contribution in [0.4, 0.5) is 0 Å². The van der Waals surface area contributed by atoms with Crippen LogP contribution in [-0.4, -0.2) is 37.6 Å². The normalized spacial score (nSPS) is 20.8. The van der Waals surface area contributed by atoms with Gasteiger partial charge in [-0.25, -0.2) is 8.42 Å². The van der Waals surface area contributed by atoms with Crippen LogP contribution >= 0.6 is 23.4 Å². The molecule has 1 fully saturated rings. The number of thioether (sulfide) groups is 1. The third kappa shape index (κ3) is 5.00. The molecule has 0 radical (unpaired) electrons. The Morgan fingerprint density at radius 3 is 2.65 bits per heavy atom. The van der Waals surface area contributed by atoms with E-state index in [9.17, 15) is 13.2 Å². The minimum absolute atomic E-state index is 0.0700. The molecule has 4 nitrogen and oxygen atoms in total. The van der Waals surface area contributed by atoms with Gasteiger partial charge in [0.2, 0.25) is 5.91 Å². The third-order valence-corrected chi connectivity index (χ3v) is 6.04. The van der Waals surface area contributed by atoms with Crippen LogP contribution in [0.3, 0.4) is 0 Å². The first-order chi connectivity index (χ1) is 9.44. The van der Waals surface area contributed by atoms with Crippen LogP contribution in [0.1, 0.15) is 12.0 Å². The fourth-order valence-corrected chi connectivity index (χ4v) is 4.62. The molecule has 1 amide bonds. The highest BCUT2D eigenvalue weighted by Gasteiger charge is 2.28. The van der Waals surface area contributed by atoms with Gasteiger partial charge < -0.3 is 5.32 Å². The van der Waals surface area contributed by atoms with Gasteiger partial charge in [-0.05, 0) is 24.1 Å². The Morgan fingerprint density at radius 1 is 1.35 bits per heavy atom. The van der Waals surface area contributed by atoms with Crippen molar-refractivity contribution in [1.82, 2.24) is 5.32 Å². The van der Waals surface area contributed by atoms with Crippen molar-refractivity contribution in [3.05, 3.63) is 34.9 Å². The first kappa shape index (κ1) is 15.7. The highest BCUT2D eigenvalue weighted by atomic mass is 35.5. The number of hydrogen-bond acceptors (Lipinski definition) is 4. The van der Waals surface area contributed by atoms with Crippen LogP contribution in [0.2, 0.25) is 5.02 Å². The van der Waals surface area contributed by atoms with Crippen LogP contribution in [0.25, 0.3) is 0 Å². The van der Waals surface area contributed by atoms with Gasteiger partial charge in [-0.15, -0.1) is 11.8 Å². The Kier molecular flexibility index (Phi) is 5.35. The topological polar surface area (TPSA) is 63.2 Å². The van der Waals surface area contributed by atoms with Crippen molar-refractivity contribution < 1.29 is 13.2 Å². The summed E-state index contributed by atoms with van der Waals surface area (Å²) in [5.74, 6) is 1.20. The number of nitrogens with one attached hydrogen (secondary N) is 1. The number of carbonyl (C=O) groups excluding carboxylic acids is 1. The number of carbonyl (C=O) groups is 1. The molecule has 1 N–H and O–H groups in total. The van der Waals surface area contributed by atoms with Gasteiger partial charge in [0.15, 0.2) is 9.84 Å². The van der Waals surface area contributed by atoms with E-state index in [-0.39, 0.29) is 23.5 Å². The molecule has 1 aromatic rings. The van der Waals surface area contributed by atoms with Crippen molar-refractivity contribution in [3.8, 4) is 0 Å². The van der Waals surface area contributed by atoms with E-state index in [1.54, 1.807) is 0 Å². The molecule has 0 aliphatic carbocycles. The second-order valence-corrected chi connectivity index (χ2v) is 8.44. The maximum absolute atomic E-state index is 11.7. The summed E-state index contributed by atoms with van der Waals surface area (Å²) in [6.07, 6.45) is 0.524. The number of halogens is 1. The maximum Gasteiger partial charge on any atom is 0.230 e. The first-order valence-electron chi connectivity index (χ1n) is 6.26. The van der Waals surface area contributed by atoms with E-state index < -0.39 is 9.84 Å². The molecule has 2 rings (SSSR count). The zero-order valence-electron chi connectivity index (χ0n) is 10.8. The molecule has 110 valence electrons. The standard InChI is InChI=1S/C13H16ClNO3S2/c14-11-3-1-10(2-4-11)7-19-8-13(16)15-12-5-6-20(17,18)9-12/h1-4,12H,5-9H2,(H,15,16)/t12-/m0/s1. The number of rotatable bonds is 5. The second kappa shape index (κ2) is 6.83. The second-order valence-electron chi connectivity index (χ2n) is 4.79. The average Bonchev–Trinajstić information content (AvgIpc) is 2.71. The number of amides is 1. The average molecular weight is 334 g/mol. The van der Waals surface area contributed by atoms with Gasteiger partial charge >= 0.3 is 0 Å². The summed E-state index contributed by atoms with van der Waals surface area (Å²) >= 11 is 7.29. The van der Waals surface area contributed by atoms with Crippen molar-refractivity contribution in [1.29, 1.82) is 0 Å². The molecule has 0 aromatic heterocycles. The highest BCUT2D eigenvalue weighted by Crippen LogP contribution is 2.16. The molecule has 1 atom stereocenters. The molecule has 0 saturated carbocycles. The van der Waals surface area contributed by atoms with E-state index in [0.29, 0.717) is 17.2 Å². The minimum Gasteiger partial charge on any atom is -0.352 e. The summed E-state index contributed by atoms with van der Waals surface area (Å²) < 4.78 is 22.6. The maximum atomic E-state index is 11.7. The molecule has 1 aliphatic rings. The SMILES string of the molecule is O=C(CSCc1ccc(Cl)cc1)N[C@H]1CCS(=O)(=O)C1. The Bertz CT molecular complexity index is 572. The first-order valence-corrected chi connectivity index (χ1v) is 9.62. The van der Waals surface area contributed by atoms with Crippen molar-refractivity contribution in [2.45, 2.75) is 18.2 Å². The van der Waals surface area contributed by atoms with E-state index in [1.165, 1.54) is 11.8 Å². The lowest BCUT2D eigenvalue weighted by Crippen LogP contribution is -2.36. The van der Waals surface area contributed by atoms with E-state index >= 15 is 0 Å². The van der Waals surface area contributed by atoms with Crippen LogP contribution in [0, 0.1) is 0 Å². The molecular formula is C13H16ClNO3S2. The fraction of sp³-hybridized carbons (Fsp3) is 0.462. The van der Waals surface area contributed by atoms with Crippen molar-refractivity contribution in [3.63, 3.8) is 0 Å².